The molecule has 1 amide bonds. The van der Waals surface area contributed by atoms with Crippen LogP contribution in [0, 0.1) is 6.92 Å². The highest BCUT2D eigenvalue weighted by Gasteiger charge is 2.12. The van der Waals surface area contributed by atoms with Crippen LogP contribution >= 0.6 is 0 Å². The number of hydrogen-bond acceptors (Lipinski definition) is 4. The summed E-state index contributed by atoms with van der Waals surface area (Å²) in [6, 6.07) is 7.42. The van der Waals surface area contributed by atoms with E-state index in [4.69, 9.17) is 10.2 Å². The van der Waals surface area contributed by atoms with Crippen LogP contribution in [0.1, 0.15) is 12.0 Å². The van der Waals surface area contributed by atoms with Gasteiger partial charge in [-0.3, -0.25) is 14.5 Å². The molecular formula is C14H20N2O4. The molecule has 0 atom stereocenters. The quantitative estimate of drug-likeness (QED) is 0.652. The zero-order valence-electron chi connectivity index (χ0n) is 11.5. The summed E-state index contributed by atoms with van der Waals surface area (Å²) in [5, 5.41) is 20.3. The van der Waals surface area contributed by atoms with Gasteiger partial charge in [-0.2, -0.15) is 0 Å². The van der Waals surface area contributed by atoms with Gasteiger partial charge >= 0.3 is 5.97 Å². The van der Waals surface area contributed by atoms with Crippen LogP contribution in [0.3, 0.4) is 0 Å². The Balaban J connectivity index is 2.50. The van der Waals surface area contributed by atoms with E-state index in [0.29, 0.717) is 5.69 Å². The minimum Gasteiger partial charge on any atom is -0.481 e. The second-order valence-electron chi connectivity index (χ2n) is 4.56. The minimum absolute atomic E-state index is 0.0573. The van der Waals surface area contributed by atoms with Crippen LogP contribution in [0.4, 0.5) is 5.69 Å². The van der Waals surface area contributed by atoms with Crippen LogP contribution in [0.15, 0.2) is 24.3 Å². The fourth-order valence-electron chi connectivity index (χ4n) is 1.79. The van der Waals surface area contributed by atoms with E-state index in [2.05, 4.69) is 5.32 Å². The maximum atomic E-state index is 11.9. The summed E-state index contributed by atoms with van der Waals surface area (Å²) in [7, 11) is 0. The lowest BCUT2D eigenvalue weighted by molar-refractivity contribution is -0.137. The van der Waals surface area contributed by atoms with Gasteiger partial charge in [0.2, 0.25) is 5.91 Å². The molecule has 0 spiro atoms. The Hall–Kier alpha value is -1.92. The number of anilines is 1. The van der Waals surface area contributed by atoms with Crippen LogP contribution < -0.4 is 5.32 Å². The predicted octanol–water partition coefficient (Wildman–Crippen LogP) is 0.703. The molecule has 0 saturated heterocycles. The van der Waals surface area contributed by atoms with E-state index in [1.807, 2.05) is 25.1 Å². The third-order valence-electron chi connectivity index (χ3n) is 2.73. The van der Waals surface area contributed by atoms with Gasteiger partial charge in [0.15, 0.2) is 0 Å². The number of amides is 1. The summed E-state index contributed by atoms with van der Waals surface area (Å²) in [5.74, 6) is -1.15. The number of carboxylic acids is 1. The number of nitrogens with one attached hydrogen (secondary N) is 1. The number of aliphatic hydroxyl groups excluding tert-OH is 1. The summed E-state index contributed by atoms with van der Waals surface area (Å²) in [6.45, 7) is 2.38. The largest absolute Gasteiger partial charge is 0.481 e. The van der Waals surface area contributed by atoms with Gasteiger partial charge in [0.1, 0.15) is 0 Å². The normalized spacial score (nSPS) is 10.6. The third kappa shape index (κ3) is 6.31. The van der Waals surface area contributed by atoms with Crippen molar-refractivity contribution in [3.8, 4) is 0 Å². The van der Waals surface area contributed by atoms with E-state index >= 15 is 0 Å². The van der Waals surface area contributed by atoms with Gasteiger partial charge in [-0.1, -0.05) is 12.1 Å². The Morgan fingerprint density at radius 1 is 1.30 bits per heavy atom. The lowest BCUT2D eigenvalue weighted by atomic mass is 10.2. The Morgan fingerprint density at radius 2 is 2.05 bits per heavy atom. The first-order valence-corrected chi connectivity index (χ1v) is 6.43. The first kappa shape index (κ1) is 16.1. The van der Waals surface area contributed by atoms with Crippen molar-refractivity contribution >= 4 is 17.6 Å². The van der Waals surface area contributed by atoms with E-state index in [9.17, 15) is 9.59 Å². The van der Waals surface area contributed by atoms with Crippen LogP contribution in [0.25, 0.3) is 0 Å². The summed E-state index contributed by atoms with van der Waals surface area (Å²) < 4.78 is 0. The van der Waals surface area contributed by atoms with Gasteiger partial charge in [0.25, 0.3) is 0 Å². The highest BCUT2D eigenvalue weighted by molar-refractivity contribution is 5.92. The summed E-state index contributed by atoms with van der Waals surface area (Å²) >= 11 is 0. The molecule has 0 aliphatic heterocycles. The Labute approximate surface area is 118 Å². The Morgan fingerprint density at radius 3 is 2.65 bits per heavy atom. The molecule has 20 heavy (non-hydrogen) atoms. The number of aliphatic hydroxyl groups is 1. The molecule has 1 rings (SSSR count). The van der Waals surface area contributed by atoms with Crippen molar-refractivity contribution in [2.75, 3.05) is 31.6 Å². The molecule has 1 aromatic carbocycles. The Kier molecular flexibility index (Phi) is 6.69. The zero-order chi connectivity index (χ0) is 15.0. The van der Waals surface area contributed by atoms with Crippen LogP contribution in [-0.4, -0.2) is 53.2 Å². The fourth-order valence-corrected chi connectivity index (χ4v) is 1.79. The molecule has 0 heterocycles. The number of rotatable bonds is 8. The van der Waals surface area contributed by atoms with Gasteiger partial charge in [0, 0.05) is 18.8 Å². The van der Waals surface area contributed by atoms with Crippen LogP contribution in [0.5, 0.6) is 0 Å². The van der Waals surface area contributed by atoms with E-state index in [0.717, 1.165) is 5.56 Å². The number of carbonyl (C=O) groups excluding carboxylic acids is 1. The minimum atomic E-state index is -0.924. The van der Waals surface area contributed by atoms with Gasteiger partial charge < -0.3 is 15.5 Å². The molecule has 6 heteroatoms. The summed E-state index contributed by atoms with van der Waals surface area (Å²) in [5.41, 5.74) is 1.75. The average molecular weight is 280 g/mol. The molecule has 0 aliphatic rings. The number of hydrogen-bond donors (Lipinski definition) is 3. The molecule has 1 aromatic rings. The second kappa shape index (κ2) is 8.29. The number of aryl methyl sites for hydroxylation is 1. The van der Waals surface area contributed by atoms with E-state index in [1.165, 1.54) is 0 Å². The van der Waals surface area contributed by atoms with Gasteiger partial charge in [-0.25, -0.2) is 0 Å². The highest BCUT2D eigenvalue weighted by atomic mass is 16.4. The molecule has 3 N–H and O–H groups in total. The SMILES string of the molecule is Cc1cccc(NC(=O)CN(CCO)CCC(=O)O)c1. The van der Waals surface area contributed by atoms with Crippen molar-refractivity contribution in [3.63, 3.8) is 0 Å². The maximum Gasteiger partial charge on any atom is 0.304 e. The van der Waals surface area contributed by atoms with Crippen molar-refractivity contribution < 1.29 is 19.8 Å². The number of aliphatic carboxylic acids is 1. The molecule has 0 aromatic heterocycles. The topological polar surface area (TPSA) is 89.9 Å². The van der Waals surface area contributed by atoms with Gasteiger partial charge in [-0.15, -0.1) is 0 Å². The van der Waals surface area contributed by atoms with Crippen LogP contribution in [-0.2, 0) is 9.59 Å². The van der Waals surface area contributed by atoms with Crippen molar-refractivity contribution in [2.24, 2.45) is 0 Å². The molecule has 110 valence electrons. The fraction of sp³-hybridized carbons (Fsp3) is 0.429. The van der Waals surface area contributed by atoms with Crippen LogP contribution in [0.2, 0.25) is 0 Å². The summed E-state index contributed by atoms with van der Waals surface area (Å²) in [6.07, 6.45) is -0.0578. The van der Waals surface area contributed by atoms with E-state index in [-0.39, 0.29) is 38.6 Å². The molecular weight excluding hydrogens is 260 g/mol. The third-order valence-corrected chi connectivity index (χ3v) is 2.73. The lowest BCUT2D eigenvalue weighted by Crippen LogP contribution is -2.36. The molecule has 0 unspecified atom stereocenters. The van der Waals surface area contributed by atoms with Crippen molar-refractivity contribution in [1.82, 2.24) is 4.90 Å². The maximum absolute atomic E-state index is 11.9. The van der Waals surface area contributed by atoms with Gasteiger partial charge in [-0.05, 0) is 24.6 Å². The number of carboxylic acid groups (broad SMARTS) is 1. The van der Waals surface area contributed by atoms with E-state index in [1.54, 1.807) is 11.0 Å². The van der Waals surface area contributed by atoms with E-state index < -0.39 is 5.97 Å². The van der Waals surface area contributed by atoms with Crippen molar-refractivity contribution in [1.29, 1.82) is 0 Å². The molecule has 0 fully saturated rings. The number of benzene rings is 1. The number of carbonyl (C=O) groups is 2. The second-order valence-corrected chi connectivity index (χ2v) is 4.56. The standard InChI is InChI=1S/C14H20N2O4/c1-11-3-2-4-12(9-11)15-13(18)10-16(7-8-17)6-5-14(19)20/h2-4,9,17H,5-8,10H2,1H3,(H,15,18)(H,19,20). The zero-order valence-corrected chi connectivity index (χ0v) is 11.5. The molecule has 0 saturated carbocycles. The smallest absolute Gasteiger partial charge is 0.304 e. The first-order valence-electron chi connectivity index (χ1n) is 6.43. The predicted molar refractivity (Wildman–Crippen MR) is 75.6 cm³/mol. The van der Waals surface area contributed by atoms with Gasteiger partial charge in [0.05, 0.1) is 19.6 Å². The molecule has 0 aliphatic carbocycles. The molecule has 6 nitrogen and oxygen atoms in total. The summed E-state index contributed by atoms with van der Waals surface area (Å²) in [4.78, 5) is 24.0. The average Bonchev–Trinajstić information content (AvgIpc) is 2.36. The molecule has 0 bridgehead atoms. The Bertz CT molecular complexity index is 462. The molecule has 0 radical (unpaired) electrons. The monoisotopic (exact) mass is 280 g/mol. The highest BCUT2D eigenvalue weighted by Crippen LogP contribution is 2.09. The first-order chi connectivity index (χ1) is 9.51. The number of nitrogens with zero attached hydrogens (tertiary/aromatic N) is 1. The lowest BCUT2D eigenvalue weighted by Gasteiger charge is -2.19. The van der Waals surface area contributed by atoms with Crippen molar-refractivity contribution in [3.05, 3.63) is 29.8 Å². The van der Waals surface area contributed by atoms with Crippen molar-refractivity contribution in [2.45, 2.75) is 13.3 Å².